The summed E-state index contributed by atoms with van der Waals surface area (Å²) in [5.41, 5.74) is 7.70. The maximum absolute atomic E-state index is 10.6. The standard InChI is InChI=1S/C7H6N2O/c8-7(10)4-1-2-5-6(3-4)9-5/h1-3,9H,(H2,8,10). The predicted molar refractivity (Wildman–Crippen MR) is 38.2 cm³/mol. The van der Waals surface area contributed by atoms with Gasteiger partial charge < -0.3 is 11.1 Å². The summed E-state index contributed by atoms with van der Waals surface area (Å²) in [6.07, 6.45) is 0. The van der Waals surface area contributed by atoms with E-state index in [1.54, 1.807) is 12.1 Å². The largest absolute Gasteiger partial charge is 0.366 e. The number of fused-ring (bicyclic) bond motifs is 1. The van der Waals surface area contributed by atoms with Crippen molar-refractivity contribution < 1.29 is 4.79 Å². The molecule has 0 fully saturated rings. The number of hydrogen-bond acceptors (Lipinski definition) is 2. The van der Waals surface area contributed by atoms with Gasteiger partial charge in [-0.25, -0.2) is 0 Å². The summed E-state index contributed by atoms with van der Waals surface area (Å²) in [6.45, 7) is 0. The first-order valence-electron chi connectivity index (χ1n) is 2.98. The van der Waals surface area contributed by atoms with Crippen LogP contribution in [0.4, 0.5) is 11.4 Å². The van der Waals surface area contributed by atoms with Crippen molar-refractivity contribution in [3.05, 3.63) is 23.8 Å². The van der Waals surface area contributed by atoms with E-state index in [0.29, 0.717) is 5.56 Å². The first-order chi connectivity index (χ1) is 4.77. The Balaban J connectivity index is 2.48. The zero-order chi connectivity index (χ0) is 7.14. The molecule has 0 radical (unpaired) electrons. The molecule has 1 heterocycles. The van der Waals surface area contributed by atoms with E-state index in [9.17, 15) is 4.79 Å². The average molecular weight is 134 g/mol. The maximum atomic E-state index is 10.6. The van der Waals surface area contributed by atoms with Crippen LogP contribution < -0.4 is 11.1 Å². The molecule has 10 heavy (non-hydrogen) atoms. The van der Waals surface area contributed by atoms with Gasteiger partial charge in [0.15, 0.2) is 0 Å². The van der Waals surface area contributed by atoms with E-state index in [1.807, 2.05) is 6.07 Å². The van der Waals surface area contributed by atoms with Crippen LogP contribution in [0.15, 0.2) is 18.2 Å². The summed E-state index contributed by atoms with van der Waals surface area (Å²) in [4.78, 5) is 10.6. The number of nitrogens with one attached hydrogen (secondary N) is 1. The molecular weight excluding hydrogens is 128 g/mol. The molecule has 0 saturated carbocycles. The van der Waals surface area contributed by atoms with Gasteiger partial charge in [0.05, 0.1) is 11.4 Å². The van der Waals surface area contributed by atoms with Crippen molar-refractivity contribution in [3.63, 3.8) is 0 Å². The molecule has 1 aromatic carbocycles. The van der Waals surface area contributed by atoms with Gasteiger partial charge in [0, 0.05) is 5.56 Å². The summed E-state index contributed by atoms with van der Waals surface area (Å²) >= 11 is 0. The molecule has 3 nitrogen and oxygen atoms in total. The van der Waals surface area contributed by atoms with E-state index in [-0.39, 0.29) is 5.91 Å². The predicted octanol–water partition coefficient (Wildman–Crippen LogP) is 0.843. The van der Waals surface area contributed by atoms with Gasteiger partial charge >= 0.3 is 0 Å². The number of primary amides is 1. The molecule has 0 unspecified atom stereocenters. The van der Waals surface area contributed by atoms with Crippen LogP contribution >= 0.6 is 0 Å². The highest BCUT2D eigenvalue weighted by molar-refractivity contribution is 5.99. The number of benzene rings is 1. The molecule has 1 aliphatic heterocycles. The average Bonchev–Trinajstić information content (AvgIpc) is 2.63. The molecule has 0 bridgehead atoms. The number of carbonyl (C=O) groups excluding carboxylic acids is 1. The Morgan fingerprint density at radius 1 is 1.40 bits per heavy atom. The van der Waals surface area contributed by atoms with E-state index in [4.69, 9.17) is 5.73 Å². The molecule has 3 heteroatoms. The maximum Gasteiger partial charge on any atom is 0.248 e. The third kappa shape index (κ3) is 0.639. The minimum absolute atomic E-state index is 0.378. The SMILES string of the molecule is NC(=O)c1ccc2c(c1)N2. The smallest absolute Gasteiger partial charge is 0.248 e. The van der Waals surface area contributed by atoms with Crippen LogP contribution in [0.3, 0.4) is 0 Å². The molecule has 50 valence electrons. The number of nitrogens with two attached hydrogens (primary N) is 1. The van der Waals surface area contributed by atoms with Crippen molar-refractivity contribution in [2.24, 2.45) is 5.73 Å². The van der Waals surface area contributed by atoms with Crippen LogP contribution in [-0.4, -0.2) is 5.91 Å². The lowest BCUT2D eigenvalue weighted by atomic mass is 10.2. The van der Waals surface area contributed by atoms with Crippen molar-refractivity contribution >= 4 is 17.3 Å². The van der Waals surface area contributed by atoms with Crippen molar-refractivity contribution in [1.29, 1.82) is 0 Å². The molecule has 1 amide bonds. The number of rotatable bonds is 1. The number of anilines is 2. The minimum atomic E-state index is -0.378. The van der Waals surface area contributed by atoms with Gasteiger partial charge in [-0.05, 0) is 18.2 Å². The van der Waals surface area contributed by atoms with Crippen molar-refractivity contribution in [3.8, 4) is 0 Å². The number of carbonyl (C=O) groups is 1. The van der Waals surface area contributed by atoms with Crippen LogP contribution in [0.1, 0.15) is 10.4 Å². The molecule has 0 spiro atoms. The summed E-state index contributed by atoms with van der Waals surface area (Å²) in [5, 5.41) is 2.98. The van der Waals surface area contributed by atoms with Crippen molar-refractivity contribution in [1.82, 2.24) is 0 Å². The van der Waals surface area contributed by atoms with Gasteiger partial charge in [-0.1, -0.05) is 0 Å². The second-order valence-electron chi connectivity index (χ2n) is 2.25. The monoisotopic (exact) mass is 134 g/mol. The fourth-order valence-corrected chi connectivity index (χ4v) is 0.889. The van der Waals surface area contributed by atoms with Gasteiger partial charge in [-0.3, -0.25) is 4.79 Å². The quantitative estimate of drug-likeness (QED) is 0.567. The molecule has 0 aromatic heterocycles. The highest BCUT2D eigenvalue weighted by Crippen LogP contribution is 2.38. The molecule has 2 rings (SSSR count). The Morgan fingerprint density at radius 3 is 2.80 bits per heavy atom. The first kappa shape index (κ1) is 5.29. The Kier molecular flexibility index (Phi) is 0.795. The zero-order valence-corrected chi connectivity index (χ0v) is 5.22. The molecule has 0 aliphatic carbocycles. The third-order valence-corrected chi connectivity index (χ3v) is 1.51. The van der Waals surface area contributed by atoms with E-state index in [2.05, 4.69) is 5.32 Å². The Labute approximate surface area is 57.8 Å². The molecule has 0 saturated heterocycles. The van der Waals surface area contributed by atoms with Crippen molar-refractivity contribution in [2.45, 2.75) is 0 Å². The second-order valence-corrected chi connectivity index (χ2v) is 2.25. The van der Waals surface area contributed by atoms with Gasteiger partial charge in [0.1, 0.15) is 0 Å². The number of hydrogen-bond donors (Lipinski definition) is 2. The first-order valence-corrected chi connectivity index (χ1v) is 2.98. The molecule has 1 aliphatic rings. The van der Waals surface area contributed by atoms with Crippen LogP contribution in [0.25, 0.3) is 0 Å². The van der Waals surface area contributed by atoms with Gasteiger partial charge in [-0.15, -0.1) is 0 Å². The lowest BCUT2D eigenvalue weighted by Crippen LogP contribution is -2.09. The molecule has 3 N–H and O–H groups in total. The minimum Gasteiger partial charge on any atom is -0.366 e. The Bertz CT molecular complexity index is 306. The normalized spacial score (nSPS) is 11.6. The van der Waals surface area contributed by atoms with Gasteiger partial charge in [0.2, 0.25) is 5.91 Å². The fraction of sp³-hybridized carbons (Fsp3) is 0. The third-order valence-electron chi connectivity index (χ3n) is 1.51. The molecule has 1 aromatic rings. The zero-order valence-electron chi connectivity index (χ0n) is 5.22. The topological polar surface area (TPSA) is 65.0 Å². The fourth-order valence-electron chi connectivity index (χ4n) is 0.889. The van der Waals surface area contributed by atoms with E-state index >= 15 is 0 Å². The summed E-state index contributed by atoms with van der Waals surface area (Å²) in [6, 6.07) is 5.30. The van der Waals surface area contributed by atoms with Crippen LogP contribution in [0, 0.1) is 0 Å². The number of amides is 1. The summed E-state index contributed by atoms with van der Waals surface area (Å²) in [7, 11) is 0. The van der Waals surface area contributed by atoms with Gasteiger partial charge in [-0.2, -0.15) is 0 Å². The van der Waals surface area contributed by atoms with E-state index in [1.165, 1.54) is 0 Å². The summed E-state index contributed by atoms with van der Waals surface area (Å²) in [5.74, 6) is -0.378. The second kappa shape index (κ2) is 1.50. The van der Waals surface area contributed by atoms with E-state index in [0.717, 1.165) is 11.4 Å². The lowest BCUT2D eigenvalue weighted by Gasteiger charge is -1.87. The van der Waals surface area contributed by atoms with Gasteiger partial charge in [0.25, 0.3) is 0 Å². The molecular formula is C7H6N2O. The lowest BCUT2D eigenvalue weighted by molar-refractivity contribution is 0.100. The van der Waals surface area contributed by atoms with Crippen molar-refractivity contribution in [2.75, 3.05) is 5.32 Å². The van der Waals surface area contributed by atoms with Crippen LogP contribution in [0.2, 0.25) is 0 Å². The summed E-state index contributed by atoms with van der Waals surface area (Å²) < 4.78 is 0. The van der Waals surface area contributed by atoms with E-state index < -0.39 is 0 Å². The van der Waals surface area contributed by atoms with Crippen LogP contribution in [0.5, 0.6) is 0 Å². The highest BCUT2D eigenvalue weighted by atomic mass is 16.1. The molecule has 0 atom stereocenters. The highest BCUT2D eigenvalue weighted by Gasteiger charge is 2.16. The van der Waals surface area contributed by atoms with Crippen LogP contribution in [-0.2, 0) is 0 Å². The Hall–Kier alpha value is -1.51. The Morgan fingerprint density at radius 2 is 2.20 bits per heavy atom.